The molecule has 0 aliphatic heterocycles. The second kappa shape index (κ2) is 6.75. The van der Waals surface area contributed by atoms with E-state index in [0.717, 1.165) is 18.0 Å². The molecule has 17 heavy (non-hydrogen) atoms. The lowest BCUT2D eigenvalue weighted by Crippen LogP contribution is -2.45. The van der Waals surface area contributed by atoms with Crippen molar-refractivity contribution in [2.24, 2.45) is 5.92 Å². The Hall–Kier alpha value is -0.0800. The summed E-state index contributed by atoms with van der Waals surface area (Å²) in [6.07, 6.45) is 9.93. The van der Waals surface area contributed by atoms with Crippen molar-refractivity contribution >= 4 is 0 Å². The van der Waals surface area contributed by atoms with Crippen LogP contribution in [0.4, 0.5) is 0 Å². The second-order valence-corrected chi connectivity index (χ2v) is 6.01. The average Bonchev–Trinajstić information content (AvgIpc) is 3.07. The van der Waals surface area contributed by atoms with Crippen molar-refractivity contribution in [3.05, 3.63) is 0 Å². The predicted molar refractivity (Wildman–Crippen MR) is 74.3 cm³/mol. The summed E-state index contributed by atoms with van der Waals surface area (Å²) in [6.45, 7) is 8.46. The standard InChI is InChI=1S/C15H30N2/c1-3-6-15(11-16-14-9-10-14)17(4-2)12-13-7-5-8-13/h13-16H,3-12H2,1-2H3. The summed E-state index contributed by atoms with van der Waals surface area (Å²) < 4.78 is 0. The van der Waals surface area contributed by atoms with Crippen LogP contribution in [0.25, 0.3) is 0 Å². The van der Waals surface area contributed by atoms with Crippen LogP contribution >= 0.6 is 0 Å². The first-order valence-electron chi connectivity index (χ1n) is 7.80. The molecule has 2 aliphatic carbocycles. The van der Waals surface area contributed by atoms with E-state index in [4.69, 9.17) is 0 Å². The van der Waals surface area contributed by atoms with E-state index in [0.29, 0.717) is 0 Å². The van der Waals surface area contributed by atoms with Gasteiger partial charge in [0.2, 0.25) is 0 Å². The van der Waals surface area contributed by atoms with Crippen LogP contribution in [0, 0.1) is 5.92 Å². The van der Waals surface area contributed by atoms with Crippen LogP contribution in [0.5, 0.6) is 0 Å². The molecule has 0 bridgehead atoms. The normalized spacial score (nSPS) is 22.8. The Kier molecular flexibility index (Phi) is 5.30. The topological polar surface area (TPSA) is 15.3 Å². The number of hydrogen-bond donors (Lipinski definition) is 1. The van der Waals surface area contributed by atoms with Crippen molar-refractivity contribution < 1.29 is 0 Å². The highest BCUT2D eigenvalue weighted by Gasteiger charge is 2.26. The van der Waals surface area contributed by atoms with E-state index in [9.17, 15) is 0 Å². The second-order valence-electron chi connectivity index (χ2n) is 6.01. The van der Waals surface area contributed by atoms with E-state index in [1.165, 1.54) is 64.6 Å². The Morgan fingerprint density at radius 3 is 2.41 bits per heavy atom. The molecular formula is C15H30N2. The van der Waals surface area contributed by atoms with Crippen molar-refractivity contribution in [1.82, 2.24) is 10.2 Å². The average molecular weight is 238 g/mol. The largest absolute Gasteiger partial charge is 0.312 e. The van der Waals surface area contributed by atoms with Crippen LogP contribution in [-0.4, -0.2) is 36.6 Å². The van der Waals surface area contributed by atoms with Gasteiger partial charge in [-0.1, -0.05) is 26.7 Å². The van der Waals surface area contributed by atoms with Gasteiger partial charge in [0, 0.05) is 25.2 Å². The minimum Gasteiger partial charge on any atom is -0.312 e. The molecule has 0 aromatic carbocycles. The van der Waals surface area contributed by atoms with Crippen LogP contribution in [0.2, 0.25) is 0 Å². The van der Waals surface area contributed by atoms with Crippen LogP contribution < -0.4 is 5.32 Å². The van der Waals surface area contributed by atoms with E-state index in [2.05, 4.69) is 24.1 Å². The lowest BCUT2D eigenvalue weighted by molar-refractivity contribution is 0.130. The first-order chi connectivity index (χ1) is 8.33. The van der Waals surface area contributed by atoms with Gasteiger partial charge in [0.15, 0.2) is 0 Å². The zero-order valence-corrected chi connectivity index (χ0v) is 11.8. The van der Waals surface area contributed by atoms with Gasteiger partial charge in [0.1, 0.15) is 0 Å². The Labute approximate surface area is 107 Å². The number of likely N-dealkylation sites (N-methyl/N-ethyl adjacent to an activating group) is 1. The summed E-state index contributed by atoms with van der Waals surface area (Å²) in [6, 6.07) is 1.64. The lowest BCUT2D eigenvalue weighted by atomic mass is 9.84. The zero-order valence-electron chi connectivity index (χ0n) is 11.8. The zero-order chi connectivity index (χ0) is 12.1. The quantitative estimate of drug-likeness (QED) is 0.664. The summed E-state index contributed by atoms with van der Waals surface area (Å²) in [4.78, 5) is 2.74. The molecule has 0 aromatic heterocycles. The first-order valence-corrected chi connectivity index (χ1v) is 7.80. The van der Waals surface area contributed by atoms with Gasteiger partial charge in [-0.2, -0.15) is 0 Å². The third-order valence-electron chi connectivity index (χ3n) is 4.48. The molecule has 0 radical (unpaired) electrons. The SMILES string of the molecule is CCCC(CNC1CC1)N(CC)CC1CCC1. The van der Waals surface area contributed by atoms with Crippen LogP contribution in [0.15, 0.2) is 0 Å². The Bertz CT molecular complexity index is 209. The number of rotatable bonds is 9. The maximum atomic E-state index is 3.72. The van der Waals surface area contributed by atoms with Crippen molar-refractivity contribution in [1.29, 1.82) is 0 Å². The summed E-state index contributed by atoms with van der Waals surface area (Å²) in [5.41, 5.74) is 0. The number of nitrogens with zero attached hydrogens (tertiary/aromatic N) is 1. The van der Waals surface area contributed by atoms with Crippen LogP contribution in [0.1, 0.15) is 58.8 Å². The minimum atomic E-state index is 0.784. The van der Waals surface area contributed by atoms with Gasteiger partial charge in [-0.3, -0.25) is 4.90 Å². The molecule has 1 N–H and O–H groups in total. The molecule has 2 saturated carbocycles. The van der Waals surface area contributed by atoms with E-state index >= 15 is 0 Å². The fourth-order valence-corrected chi connectivity index (χ4v) is 2.88. The molecule has 2 fully saturated rings. The van der Waals surface area contributed by atoms with E-state index in [-0.39, 0.29) is 0 Å². The maximum absolute atomic E-state index is 3.72. The Balaban J connectivity index is 1.76. The van der Waals surface area contributed by atoms with Gasteiger partial charge >= 0.3 is 0 Å². The molecule has 0 aromatic rings. The van der Waals surface area contributed by atoms with Crippen molar-refractivity contribution in [2.75, 3.05) is 19.6 Å². The number of hydrogen-bond acceptors (Lipinski definition) is 2. The first kappa shape index (κ1) is 13.4. The molecule has 0 heterocycles. The highest BCUT2D eigenvalue weighted by atomic mass is 15.2. The Morgan fingerprint density at radius 2 is 1.94 bits per heavy atom. The fourth-order valence-electron chi connectivity index (χ4n) is 2.88. The van der Waals surface area contributed by atoms with E-state index < -0.39 is 0 Å². The summed E-state index contributed by atoms with van der Waals surface area (Å²) in [5.74, 6) is 1.01. The fraction of sp³-hybridized carbons (Fsp3) is 1.00. The molecule has 2 heteroatoms. The predicted octanol–water partition coefficient (Wildman–Crippen LogP) is 3.03. The van der Waals surface area contributed by atoms with E-state index in [1.807, 2.05) is 0 Å². The molecule has 2 aliphatic rings. The highest BCUT2D eigenvalue weighted by Crippen LogP contribution is 2.28. The van der Waals surface area contributed by atoms with Gasteiger partial charge < -0.3 is 5.32 Å². The van der Waals surface area contributed by atoms with Gasteiger partial charge in [-0.05, 0) is 44.6 Å². The van der Waals surface area contributed by atoms with Gasteiger partial charge in [0.05, 0.1) is 0 Å². The molecule has 100 valence electrons. The molecule has 2 rings (SSSR count). The third kappa shape index (κ3) is 4.26. The smallest absolute Gasteiger partial charge is 0.0220 e. The summed E-state index contributed by atoms with van der Waals surface area (Å²) in [5, 5.41) is 3.72. The van der Waals surface area contributed by atoms with E-state index in [1.54, 1.807) is 0 Å². The highest BCUT2D eigenvalue weighted by molar-refractivity contribution is 4.85. The van der Waals surface area contributed by atoms with Crippen molar-refractivity contribution in [3.8, 4) is 0 Å². The molecule has 0 saturated heterocycles. The van der Waals surface area contributed by atoms with Crippen molar-refractivity contribution in [3.63, 3.8) is 0 Å². The molecule has 1 atom stereocenters. The van der Waals surface area contributed by atoms with Crippen LogP contribution in [0.3, 0.4) is 0 Å². The van der Waals surface area contributed by atoms with Crippen LogP contribution in [-0.2, 0) is 0 Å². The summed E-state index contributed by atoms with van der Waals surface area (Å²) in [7, 11) is 0. The Morgan fingerprint density at radius 1 is 1.18 bits per heavy atom. The van der Waals surface area contributed by atoms with Crippen molar-refractivity contribution in [2.45, 2.75) is 70.9 Å². The molecule has 0 amide bonds. The summed E-state index contributed by atoms with van der Waals surface area (Å²) >= 11 is 0. The molecule has 0 spiro atoms. The van der Waals surface area contributed by atoms with Gasteiger partial charge in [0.25, 0.3) is 0 Å². The number of nitrogens with one attached hydrogen (secondary N) is 1. The molecular weight excluding hydrogens is 208 g/mol. The monoisotopic (exact) mass is 238 g/mol. The molecule has 2 nitrogen and oxygen atoms in total. The minimum absolute atomic E-state index is 0.784. The third-order valence-corrected chi connectivity index (χ3v) is 4.48. The van der Waals surface area contributed by atoms with Gasteiger partial charge in [-0.25, -0.2) is 0 Å². The molecule has 1 unspecified atom stereocenters. The maximum Gasteiger partial charge on any atom is 0.0220 e. The lowest BCUT2D eigenvalue weighted by Gasteiger charge is -2.37. The van der Waals surface area contributed by atoms with Gasteiger partial charge in [-0.15, -0.1) is 0 Å².